The summed E-state index contributed by atoms with van der Waals surface area (Å²) in [6.07, 6.45) is 3.58. The zero-order valence-corrected chi connectivity index (χ0v) is 9.43. The maximum atomic E-state index is 8.57. The van der Waals surface area contributed by atoms with E-state index in [1.165, 1.54) is 5.56 Å². The molecule has 0 atom stereocenters. The third kappa shape index (κ3) is 4.75. The predicted octanol–water partition coefficient (Wildman–Crippen LogP) is 2.88. The Morgan fingerprint density at radius 3 is 2.44 bits per heavy atom. The highest BCUT2D eigenvalue weighted by Gasteiger charge is 1.96. The van der Waals surface area contributed by atoms with Gasteiger partial charge in [0.05, 0.1) is 5.69 Å². The molecule has 3 nitrogen and oxygen atoms in total. The molecule has 4 heteroatoms. The topological polar surface area (TPSA) is 43.1 Å². The molecule has 2 rings (SSSR count). The summed E-state index contributed by atoms with van der Waals surface area (Å²) in [7, 11) is 0. The molecule has 84 valence electrons. The Bertz CT molecular complexity index is 387. The average Bonchev–Trinajstić information content (AvgIpc) is 2.82. The van der Waals surface area contributed by atoms with Crippen molar-refractivity contribution in [2.75, 3.05) is 0 Å². The van der Waals surface area contributed by atoms with Crippen molar-refractivity contribution in [2.24, 2.45) is 0 Å². The van der Waals surface area contributed by atoms with Crippen LogP contribution >= 0.6 is 11.6 Å². The Morgan fingerprint density at radius 2 is 1.88 bits per heavy atom. The summed E-state index contributed by atoms with van der Waals surface area (Å²) in [5, 5.41) is 3.86. The van der Waals surface area contributed by atoms with E-state index in [0.29, 0.717) is 0 Å². The van der Waals surface area contributed by atoms with E-state index in [1.54, 1.807) is 6.26 Å². The zero-order chi connectivity index (χ0) is 11.6. The molecule has 16 heavy (non-hydrogen) atoms. The molecule has 0 N–H and O–H groups in total. The lowest BCUT2D eigenvalue weighted by molar-refractivity contribution is 0.411. The Kier molecular flexibility index (Phi) is 5.96. The van der Waals surface area contributed by atoms with Gasteiger partial charge in [-0.25, -0.2) is 0 Å². The van der Waals surface area contributed by atoms with Crippen LogP contribution in [0.2, 0.25) is 0 Å². The van der Waals surface area contributed by atoms with Crippen LogP contribution in [0.4, 0.5) is 0 Å². The lowest BCUT2D eigenvalue weighted by Gasteiger charge is -1.96. The van der Waals surface area contributed by atoms with Crippen molar-refractivity contribution in [3.8, 4) is 0 Å². The average molecular weight is 238 g/mol. The minimum Gasteiger partial charge on any atom is -0.365 e. The van der Waals surface area contributed by atoms with Gasteiger partial charge in [-0.15, -0.1) is 0 Å². The van der Waals surface area contributed by atoms with Crippen LogP contribution in [0.25, 0.3) is 0 Å². The van der Waals surface area contributed by atoms with Crippen molar-refractivity contribution < 1.29 is 9.32 Å². The minimum atomic E-state index is 0.222. The first-order chi connectivity index (χ1) is 7.86. The first-order valence-electron chi connectivity index (χ1n) is 4.84. The van der Waals surface area contributed by atoms with E-state index in [9.17, 15) is 0 Å². The number of carbonyl (C=O) groups is 1. The fourth-order valence-corrected chi connectivity index (χ4v) is 1.28. The third-order valence-corrected chi connectivity index (χ3v) is 2.00. The van der Waals surface area contributed by atoms with Crippen LogP contribution in [-0.2, 0) is 17.6 Å². The summed E-state index contributed by atoms with van der Waals surface area (Å²) < 4.78 is 4.75. The molecule has 0 unspecified atom stereocenters. The Labute approximate surface area is 99.0 Å². The molecule has 0 bridgehead atoms. The zero-order valence-electron chi connectivity index (χ0n) is 8.67. The third-order valence-electron chi connectivity index (χ3n) is 2.00. The molecule has 0 amide bonds. The van der Waals surface area contributed by atoms with E-state index < -0.39 is 0 Å². The van der Waals surface area contributed by atoms with Gasteiger partial charge in [0.15, 0.2) is 0 Å². The molecule has 0 saturated heterocycles. The second-order valence-corrected chi connectivity index (χ2v) is 3.24. The van der Waals surface area contributed by atoms with Crippen molar-refractivity contribution in [3.05, 3.63) is 53.9 Å². The molecule has 0 saturated carbocycles. The summed E-state index contributed by atoms with van der Waals surface area (Å²) >= 11 is 4.32. The molecule has 0 radical (unpaired) electrons. The molecule has 1 heterocycles. The molecule has 0 aliphatic heterocycles. The van der Waals surface area contributed by atoms with Crippen molar-refractivity contribution >= 4 is 17.3 Å². The molecular formula is C12H12ClNO2. The fourth-order valence-electron chi connectivity index (χ4n) is 1.28. The van der Waals surface area contributed by atoms with Gasteiger partial charge in [-0.05, 0) is 30.0 Å². The number of aryl methyl sites for hydroxylation is 2. The number of aromatic nitrogens is 1. The van der Waals surface area contributed by atoms with Crippen LogP contribution in [0.5, 0.6) is 0 Å². The second-order valence-electron chi connectivity index (χ2n) is 3.07. The Morgan fingerprint density at radius 1 is 1.19 bits per heavy atom. The molecule has 0 aliphatic rings. The van der Waals surface area contributed by atoms with Crippen molar-refractivity contribution in [2.45, 2.75) is 12.8 Å². The Hall–Kier alpha value is -1.61. The fraction of sp³-hybridized carbons (Fsp3) is 0.167. The number of nitrogens with zero attached hydrogens (tertiary/aromatic N) is 1. The van der Waals surface area contributed by atoms with Gasteiger partial charge in [-0.2, -0.15) is 0 Å². The molecule has 0 spiro atoms. The van der Waals surface area contributed by atoms with Crippen molar-refractivity contribution in [3.63, 3.8) is 0 Å². The molecular weight excluding hydrogens is 226 g/mol. The van der Waals surface area contributed by atoms with Crippen LogP contribution in [0.3, 0.4) is 0 Å². The normalized spacial score (nSPS) is 9.06. The van der Waals surface area contributed by atoms with E-state index in [1.807, 2.05) is 12.1 Å². The largest absolute Gasteiger partial charge is 0.365 e. The van der Waals surface area contributed by atoms with Crippen LogP contribution in [0, 0.1) is 0 Å². The van der Waals surface area contributed by atoms with Crippen molar-refractivity contribution in [1.82, 2.24) is 5.16 Å². The first-order valence-corrected chi connectivity index (χ1v) is 5.27. The molecule has 1 aromatic carbocycles. The number of hydrogen-bond donors (Lipinski definition) is 0. The maximum Gasteiger partial charge on any atom is 0.208 e. The van der Waals surface area contributed by atoms with E-state index in [2.05, 4.69) is 41.0 Å². The highest BCUT2D eigenvalue weighted by molar-refractivity contribution is 6.54. The van der Waals surface area contributed by atoms with Gasteiger partial charge in [0.2, 0.25) is 5.75 Å². The van der Waals surface area contributed by atoms with Gasteiger partial charge in [-0.1, -0.05) is 35.5 Å². The highest BCUT2D eigenvalue weighted by atomic mass is 35.5. The number of halogens is 1. The molecule has 0 fully saturated rings. The number of benzene rings is 1. The van der Waals surface area contributed by atoms with E-state index >= 15 is 0 Å². The smallest absolute Gasteiger partial charge is 0.208 e. The highest BCUT2D eigenvalue weighted by Crippen LogP contribution is 2.04. The lowest BCUT2D eigenvalue weighted by atomic mass is 10.1. The minimum absolute atomic E-state index is 0.222. The van der Waals surface area contributed by atoms with E-state index in [4.69, 9.17) is 9.32 Å². The summed E-state index contributed by atoms with van der Waals surface area (Å²) in [4.78, 5) is 8.57. The molecule has 2 aromatic rings. The molecule has 1 aromatic heterocycles. The predicted molar refractivity (Wildman–Crippen MR) is 63.0 cm³/mol. The van der Waals surface area contributed by atoms with Gasteiger partial charge < -0.3 is 4.52 Å². The second kappa shape index (κ2) is 7.65. The summed E-state index contributed by atoms with van der Waals surface area (Å²) in [6.45, 7) is 0. The van der Waals surface area contributed by atoms with Crippen LogP contribution in [0.15, 0.2) is 47.2 Å². The summed E-state index contributed by atoms with van der Waals surface area (Å²) in [5.74, 6) is 0.222. The monoisotopic (exact) mass is 237 g/mol. The van der Waals surface area contributed by atoms with Gasteiger partial charge in [0, 0.05) is 6.07 Å². The Balaban J connectivity index is 0.000000386. The molecule has 0 aliphatic carbocycles. The van der Waals surface area contributed by atoms with Crippen molar-refractivity contribution in [1.29, 1.82) is 0 Å². The lowest BCUT2D eigenvalue weighted by Crippen LogP contribution is -1.90. The number of rotatable bonds is 3. The first kappa shape index (κ1) is 12.5. The standard InChI is InChI=1S/C11H11NO.CHClO/c1-2-4-10(5-3-1)6-7-11-8-9-13-12-11;2-1-3/h1-5,8-9H,6-7H2;1H. The van der Waals surface area contributed by atoms with Crippen LogP contribution in [-0.4, -0.2) is 10.9 Å². The van der Waals surface area contributed by atoms with Crippen LogP contribution < -0.4 is 0 Å². The number of carbonyl (C=O) groups excluding carboxylic acids is 1. The maximum absolute atomic E-state index is 8.57. The summed E-state index contributed by atoms with van der Waals surface area (Å²) in [5.41, 5.74) is 2.36. The van der Waals surface area contributed by atoms with Gasteiger partial charge in [-0.3, -0.25) is 4.79 Å². The van der Waals surface area contributed by atoms with E-state index in [0.717, 1.165) is 18.5 Å². The SMILES string of the molecule is O=CCl.c1ccc(CCc2ccon2)cc1. The van der Waals surface area contributed by atoms with Crippen LogP contribution in [0.1, 0.15) is 11.3 Å². The quantitative estimate of drug-likeness (QED) is 0.609. The number of hydrogen-bond acceptors (Lipinski definition) is 3. The van der Waals surface area contributed by atoms with E-state index in [-0.39, 0.29) is 5.75 Å². The van der Waals surface area contributed by atoms with Gasteiger partial charge in [0.25, 0.3) is 0 Å². The summed E-state index contributed by atoms with van der Waals surface area (Å²) in [6, 6.07) is 12.3. The van der Waals surface area contributed by atoms with Gasteiger partial charge >= 0.3 is 0 Å². The van der Waals surface area contributed by atoms with Gasteiger partial charge in [0.1, 0.15) is 6.26 Å².